The highest BCUT2D eigenvalue weighted by Crippen LogP contribution is 2.61. The number of hydrogen-bond acceptors (Lipinski definition) is 1. The van der Waals surface area contributed by atoms with Crippen molar-refractivity contribution in [2.45, 2.75) is 73.1 Å². The van der Waals surface area contributed by atoms with Crippen LogP contribution in [0.5, 0.6) is 0 Å². The van der Waals surface area contributed by atoms with Gasteiger partial charge in [0.2, 0.25) is 0 Å². The average molecular weight is 388 g/mol. The van der Waals surface area contributed by atoms with E-state index in [4.69, 9.17) is 0 Å². The minimum absolute atomic E-state index is 0.0389. The van der Waals surface area contributed by atoms with Crippen LogP contribution in [0.15, 0.2) is 66.3 Å². The first-order chi connectivity index (χ1) is 12.6. The second kappa shape index (κ2) is 12.9. The van der Waals surface area contributed by atoms with Crippen molar-refractivity contribution in [2.75, 3.05) is 6.16 Å². The molecule has 0 radical (unpaired) electrons. The molecule has 1 aliphatic rings. The van der Waals surface area contributed by atoms with Crippen LogP contribution in [-0.2, 0) is 6.16 Å². The molecule has 2 heteroatoms. The van der Waals surface area contributed by atoms with E-state index in [0.717, 1.165) is 24.7 Å². The van der Waals surface area contributed by atoms with Gasteiger partial charge in [-0.25, -0.2) is 0 Å². The van der Waals surface area contributed by atoms with Gasteiger partial charge in [0.05, 0.1) is 0 Å². The van der Waals surface area contributed by atoms with Crippen LogP contribution < -0.4 is 0 Å². The van der Waals surface area contributed by atoms with Gasteiger partial charge in [0.25, 0.3) is 0 Å². The zero-order valence-corrected chi connectivity index (χ0v) is 19.8. The van der Waals surface area contributed by atoms with Crippen molar-refractivity contribution >= 4 is 7.05 Å². The lowest BCUT2D eigenvalue weighted by atomic mass is 10.2. The largest absolute Gasteiger partial charge is 0.317 e. The summed E-state index contributed by atoms with van der Waals surface area (Å²) >= 11 is 0. The maximum atomic E-state index is 9.23. The first-order valence-corrected chi connectivity index (χ1v) is 12.5. The third-order valence-corrected chi connectivity index (χ3v) is 8.48. The molecule has 1 N–H and O–H groups in total. The monoisotopic (exact) mass is 387 g/mol. The number of benzene rings is 1. The van der Waals surface area contributed by atoms with Crippen molar-refractivity contribution < 1.29 is 0 Å². The fraction of sp³-hybridized carbons (Fsp3) is 0.520. The molecule has 1 aliphatic carbocycles. The van der Waals surface area contributed by atoms with E-state index in [9.17, 15) is 5.16 Å². The third kappa shape index (κ3) is 10.5. The van der Waals surface area contributed by atoms with Gasteiger partial charge in [0.15, 0.2) is 0 Å². The van der Waals surface area contributed by atoms with E-state index in [2.05, 4.69) is 96.2 Å². The molecule has 0 amide bonds. The smallest absolute Gasteiger partial charge is 0.00815 e. The van der Waals surface area contributed by atoms with Gasteiger partial charge in [-0.15, -0.1) is 0 Å². The van der Waals surface area contributed by atoms with E-state index in [1.807, 2.05) is 19.9 Å². The second-order valence-electron chi connectivity index (χ2n) is 8.47. The summed E-state index contributed by atoms with van der Waals surface area (Å²) in [6.07, 6.45) is 13.6. The SMILES string of the molecule is CC.CC(C)(C)P(=N)(CC1=CCC=CC=C1)Cc1ccccc1.CC(C)C. The standard InChI is InChI=1S/C19H26NP.C4H10.C2H6/c1-19(2,3)21(20,16-18-13-9-6-10-14-18)15-17-11-7-4-5-8-12-17;1-4(2)3;1-2/h4-7,9-14,20H,8,15-16H2,1-3H3;4H,1-3H3;1-2H3. The van der Waals surface area contributed by atoms with Gasteiger partial charge in [-0.1, -0.05) is 116 Å². The molecular weight excluding hydrogens is 345 g/mol. The number of rotatable bonds is 4. The molecule has 152 valence electrons. The van der Waals surface area contributed by atoms with Crippen LogP contribution in [0.1, 0.15) is 67.4 Å². The number of allylic oxidation sites excluding steroid dienone is 6. The summed E-state index contributed by atoms with van der Waals surface area (Å²) in [5, 5.41) is 9.27. The zero-order chi connectivity index (χ0) is 20.9. The molecule has 0 fully saturated rings. The molecule has 0 bridgehead atoms. The maximum Gasteiger partial charge on any atom is 0.00815 e. The molecule has 27 heavy (non-hydrogen) atoms. The van der Waals surface area contributed by atoms with Gasteiger partial charge in [0, 0.05) is 12.3 Å². The van der Waals surface area contributed by atoms with Gasteiger partial charge in [-0.3, -0.25) is 0 Å². The van der Waals surface area contributed by atoms with Crippen molar-refractivity contribution in [3.8, 4) is 0 Å². The molecule has 1 nitrogen and oxygen atoms in total. The van der Waals surface area contributed by atoms with E-state index in [-0.39, 0.29) is 5.16 Å². The number of nitrogens with one attached hydrogen (secondary N) is 1. The molecule has 0 saturated heterocycles. The van der Waals surface area contributed by atoms with E-state index in [1.54, 1.807) is 0 Å². The highest BCUT2D eigenvalue weighted by Gasteiger charge is 2.32. The molecule has 1 atom stereocenters. The van der Waals surface area contributed by atoms with Crippen LogP contribution in [0.4, 0.5) is 0 Å². The lowest BCUT2D eigenvalue weighted by molar-refractivity contribution is 0.737. The molecule has 0 heterocycles. The summed E-state index contributed by atoms with van der Waals surface area (Å²) < 4.78 is 0. The minimum Gasteiger partial charge on any atom is -0.317 e. The van der Waals surface area contributed by atoms with Gasteiger partial charge < -0.3 is 5.16 Å². The Morgan fingerprint density at radius 1 is 0.963 bits per heavy atom. The summed E-state index contributed by atoms with van der Waals surface area (Å²) in [5.41, 5.74) is 2.63. The predicted molar refractivity (Wildman–Crippen MR) is 127 cm³/mol. The van der Waals surface area contributed by atoms with Crippen molar-refractivity contribution in [3.05, 3.63) is 71.8 Å². The van der Waals surface area contributed by atoms with Crippen LogP contribution in [0.25, 0.3) is 0 Å². The Hall–Kier alpha value is -1.33. The van der Waals surface area contributed by atoms with E-state index in [1.165, 1.54) is 11.1 Å². The van der Waals surface area contributed by atoms with Gasteiger partial charge >= 0.3 is 0 Å². The summed E-state index contributed by atoms with van der Waals surface area (Å²) in [6, 6.07) is 10.5. The topological polar surface area (TPSA) is 23.9 Å². The molecule has 1 aromatic carbocycles. The first-order valence-electron chi connectivity index (χ1n) is 10.3. The first kappa shape index (κ1) is 25.7. The van der Waals surface area contributed by atoms with Crippen LogP contribution in [0.2, 0.25) is 0 Å². The average Bonchev–Trinajstić information content (AvgIpc) is 2.84. The van der Waals surface area contributed by atoms with Crippen LogP contribution in [0, 0.1) is 11.1 Å². The van der Waals surface area contributed by atoms with Crippen LogP contribution in [0.3, 0.4) is 0 Å². The van der Waals surface area contributed by atoms with Crippen molar-refractivity contribution in [1.82, 2.24) is 0 Å². The molecule has 1 unspecified atom stereocenters. The lowest BCUT2D eigenvalue weighted by Gasteiger charge is -2.36. The van der Waals surface area contributed by atoms with Crippen molar-refractivity contribution in [3.63, 3.8) is 0 Å². The summed E-state index contributed by atoms with van der Waals surface area (Å²) in [5.74, 6) is 0.833. The summed E-state index contributed by atoms with van der Waals surface area (Å²) in [6.45, 7) is 17.2. The highest BCUT2D eigenvalue weighted by molar-refractivity contribution is 7.66. The second-order valence-corrected chi connectivity index (χ2v) is 12.4. The fourth-order valence-corrected chi connectivity index (χ4v) is 5.23. The van der Waals surface area contributed by atoms with Crippen LogP contribution >= 0.6 is 7.05 Å². The Labute approximate surface area is 169 Å². The summed E-state index contributed by atoms with van der Waals surface area (Å²) in [4.78, 5) is 0. The lowest BCUT2D eigenvalue weighted by Crippen LogP contribution is -2.19. The molecular formula is C25H42NP. The van der Waals surface area contributed by atoms with Crippen LogP contribution in [-0.4, -0.2) is 11.3 Å². The van der Waals surface area contributed by atoms with E-state index in [0.29, 0.717) is 0 Å². The normalized spacial score (nSPS) is 15.5. The fourth-order valence-electron chi connectivity index (χ4n) is 2.48. The molecule has 0 spiro atoms. The van der Waals surface area contributed by atoms with Crippen molar-refractivity contribution in [2.24, 2.45) is 5.92 Å². The quantitative estimate of drug-likeness (QED) is 0.499. The molecule has 0 saturated carbocycles. The Kier molecular flexibility index (Phi) is 12.3. The van der Waals surface area contributed by atoms with Gasteiger partial charge in [-0.2, -0.15) is 0 Å². The predicted octanol–water partition coefficient (Wildman–Crippen LogP) is 8.90. The third-order valence-electron chi connectivity index (χ3n) is 4.11. The Bertz CT molecular complexity index is 640. The van der Waals surface area contributed by atoms with E-state index >= 15 is 0 Å². The zero-order valence-electron chi connectivity index (χ0n) is 18.9. The minimum atomic E-state index is -1.86. The van der Waals surface area contributed by atoms with E-state index < -0.39 is 7.05 Å². The highest BCUT2D eigenvalue weighted by atomic mass is 31.2. The Balaban J connectivity index is 0.000000998. The summed E-state index contributed by atoms with van der Waals surface area (Å²) in [7, 11) is -1.86. The Morgan fingerprint density at radius 2 is 1.52 bits per heavy atom. The number of hydrogen-bond donors (Lipinski definition) is 1. The maximum absolute atomic E-state index is 9.23. The Morgan fingerprint density at radius 3 is 2.04 bits per heavy atom. The molecule has 1 aromatic rings. The van der Waals surface area contributed by atoms with Gasteiger partial charge in [-0.05, 0) is 35.7 Å². The van der Waals surface area contributed by atoms with Gasteiger partial charge in [0.1, 0.15) is 0 Å². The van der Waals surface area contributed by atoms with Crippen molar-refractivity contribution in [1.29, 1.82) is 5.16 Å². The molecule has 0 aliphatic heterocycles. The molecule has 2 rings (SSSR count). The molecule has 0 aromatic heterocycles.